The summed E-state index contributed by atoms with van der Waals surface area (Å²) in [6.07, 6.45) is 6.39. The third-order valence-electron chi connectivity index (χ3n) is 3.96. The molecule has 1 aromatic rings. The third kappa shape index (κ3) is 7.33. The van der Waals surface area contributed by atoms with E-state index in [9.17, 15) is 9.59 Å². The maximum atomic E-state index is 12.8. The molecule has 0 unspecified atom stereocenters. The molecule has 148 valence electrons. The van der Waals surface area contributed by atoms with Crippen LogP contribution in [-0.2, 0) is 16.1 Å². The van der Waals surface area contributed by atoms with Gasteiger partial charge in [0.05, 0.1) is 0 Å². The molecule has 0 aliphatic carbocycles. The molecule has 27 heavy (non-hydrogen) atoms. The topological polar surface area (TPSA) is 59.1 Å². The van der Waals surface area contributed by atoms with Gasteiger partial charge in [0, 0.05) is 13.1 Å². The van der Waals surface area contributed by atoms with Crippen molar-refractivity contribution in [3.05, 3.63) is 48.0 Å². The van der Waals surface area contributed by atoms with Crippen molar-refractivity contribution in [2.75, 3.05) is 13.1 Å². The number of hydrogen-bond donors (Lipinski definition) is 0. The highest BCUT2D eigenvalue weighted by molar-refractivity contribution is 5.74. The molecule has 6 heteroatoms. The van der Waals surface area contributed by atoms with Crippen LogP contribution in [0.4, 0.5) is 9.59 Å². The van der Waals surface area contributed by atoms with Crippen molar-refractivity contribution in [3.63, 3.8) is 0 Å². The lowest BCUT2D eigenvalue weighted by Gasteiger charge is -2.35. The highest BCUT2D eigenvalue weighted by Gasteiger charge is 2.30. The fourth-order valence-corrected chi connectivity index (χ4v) is 2.68. The maximum absolute atomic E-state index is 12.8. The molecule has 0 fully saturated rings. The van der Waals surface area contributed by atoms with Gasteiger partial charge in [0.25, 0.3) is 0 Å². The summed E-state index contributed by atoms with van der Waals surface area (Å²) in [5, 5.41) is 2.77. The lowest BCUT2D eigenvalue weighted by molar-refractivity contribution is -0.0489. The highest BCUT2D eigenvalue weighted by Crippen LogP contribution is 2.16. The Morgan fingerprint density at radius 3 is 2.04 bits per heavy atom. The Kier molecular flexibility index (Phi) is 7.70. The first-order chi connectivity index (χ1) is 12.9. The van der Waals surface area contributed by atoms with E-state index in [1.165, 1.54) is 10.0 Å². The van der Waals surface area contributed by atoms with Gasteiger partial charge in [-0.05, 0) is 52.0 Å². The molecule has 0 saturated carbocycles. The van der Waals surface area contributed by atoms with E-state index in [4.69, 9.17) is 9.47 Å². The summed E-state index contributed by atoms with van der Waals surface area (Å²) < 4.78 is 11.0. The van der Waals surface area contributed by atoms with E-state index in [1.807, 2.05) is 51.1 Å². The van der Waals surface area contributed by atoms with Crippen molar-refractivity contribution in [2.24, 2.45) is 0 Å². The number of ether oxygens (including phenoxy) is 2. The van der Waals surface area contributed by atoms with Crippen LogP contribution in [0.5, 0.6) is 0 Å². The van der Waals surface area contributed by atoms with Crippen molar-refractivity contribution < 1.29 is 19.1 Å². The van der Waals surface area contributed by atoms with Crippen molar-refractivity contribution in [2.45, 2.75) is 58.7 Å². The Labute approximate surface area is 161 Å². The first-order valence-electron chi connectivity index (χ1n) is 9.50. The molecule has 0 spiro atoms. The highest BCUT2D eigenvalue weighted by atomic mass is 16.6. The number of hydrazine groups is 1. The second-order valence-electron chi connectivity index (χ2n) is 7.52. The number of carbonyl (C=O) groups is 2. The van der Waals surface area contributed by atoms with E-state index in [1.54, 1.807) is 0 Å². The lowest BCUT2D eigenvalue weighted by atomic mass is 10.2. The zero-order valence-corrected chi connectivity index (χ0v) is 16.5. The van der Waals surface area contributed by atoms with Gasteiger partial charge in [-0.2, -0.15) is 0 Å². The molecule has 1 aliphatic heterocycles. The second kappa shape index (κ2) is 10.00. The number of rotatable bonds is 2. The number of allylic oxidation sites excluding steroid dienone is 2. The zero-order chi connectivity index (χ0) is 19.7. The first-order valence-corrected chi connectivity index (χ1v) is 9.50. The molecule has 1 aromatic carbocycles. The Balaban J connectivity index is 2.11. The Morgan fingerprint density at radius 1 is 0.926 bits per heavy atom. The quantitative estimate of drug-likeness (QED) is 0.690. The van der Waals surface area contributed by atoms with E-state index < -0.39 is 17.8 Å². The Bertz CT molecular complexity index is 637. The van der Waals surface area contributed by atoms with Crippen LogP contribution in [0, 0.1) is 0 Å². The van der Waals surface area contributed by atoms with Gasteiger partial charge in [0.1, 0.15) is 12.2 Å². The molecule has 0 aromatic heterocycles. The van der Waals surface area contributed by atoms with Crippen LogP contribution in [-0.4, -0.2) is 40.9 Å². The predicted octanol–water partition coefficient (Wildman–Crippen LogP) is 4.91. The van der Waals surface area contributed by atoms with Crippen LogP contribution >= 0.6 is 0 Å². The van der Waals surface area contributed by atoms with Gasteiger partial charge in [-0.15, -0.1) is 0 Å². The number of carbonyl (C=O) groups excluding carboxylic acids is 2. The van der Waals surface area contributed by atoms with Gasteiger partial charge in [-0.1, -0.05) is 42.5 Å². The number of hydrogen-bond acceptors (Lipinski definition) is 4. The van der Waals surface area contributed by atoms with E-state index >= 15 is 0 Å². The van der Waals surface area contributed by atoms with Gasteiger partial charge in [-0.25, -0.2) is 19.6 Å². The van der Waals surface area contributed by atoms with E-state index in [0.29, 0.717) is 13.1 Å². The largest absolute Gasteiger partial charge is 0.443 e. The fraction of sp³-hybridized carbons (Fsp3) is 0.524. The van der Waals surface area contributed by atoms with Crippen molar-refractivity contribution in [1.29, 1.82) is 0 Å². The average molecular weight is 374 g/mol. The van der Waals surface area contributed by atoms with Gasteiger partial charge in [0.15, 0.2) is 0 Å². The molecule has 0 saturated heterocycles. The summed E-state index contributed by atoms with van der Waals surface area (Å²) in [6.45, 7) is 6.40. The second-order valence-corrected chi connectivity index (χ2v) is 7.52. The monoisotopic (exact) mass is 374 g/mol. The molecular formula is C21H30N2O4. The molecule has 1 heterocycles. The first kappa shape index (κ1) is 20.8. The fourth-order valence-electron chi connectivity index (χ4n) is 2.68. The normalized spacial score (nSPS) is 17.1. The van der Waals surface area contributed by atoms with E-state index in [-0.39, 0.29) is 6.61 Å². The Morgan fingerprint density at radius 2 is 1.48 bits per heavy atom. The SMILES string of the molecule is CC(C)(C)OC(=O)N1CCC/C=C\CCCN1C(=O)OCc1ccccc1. The van der Waals surface area contributed by atoms with Crippen LogP contribution in [0.15, 0.2) is 42.5 Å². The molecule has 6 nitrogen and oxygen atoms in total. The molecular weight excluding hydrogens is 344 g/mol. The zero-order valence-electron chi connectivity index (χ0n) is 16.5. The molecule has 1 aliphatic rings. The lowest BCUT2D eigenvalue weighted by Crippen LogP contribution is -2.52. The minimum Gasteiger partial charge on any atom is -0.443 e. The smallest absolute Gasteiger partial charge is 0.429 e. The molecule has 0 bridgehead atoms. The number of amides is 2. The standard InChI is InChI=1S/C21H30N2O4/c1-21(2,3)27-20(25)23-16-12-7-5-4-6-11-15-22(23)19(24)26-17-18-13-9-8-10-14-18/h4-5,8-10,13-14H,6-7,11-12,15-17H2,1-3H3/b5-4-. The Hall–Kier alpha value is -2.50. The summed E-state index contributed by atoms with van der Waals surface area (Å²) in [5.41, 5.74) is 0.269. The van der Waals surface area contributed by atoms with Crippen LogP contribution < -0.4 is 0 Å². The minimum absolute atomic E-state index is 0.165. The summed E-state index contributed by atoms with van der Waals surface area (Å²) in [7, 11) is 0. The predicted molar refractivity (Wildman–Crippen MR) is 104 cm³/mol. The van der Waals surface area contributed by atoms with E-state index in [2.05, 4.69) is 12.2 Å². The van der Waals surface area contributed by atoms with Crippen LogP contribution in [0.2, 0.25) is 0 Å². The van der Waals surface area contributed by atoms with Gasteiger partial charge in [-0.3, -0.25) is 0 Å². The van der Waals surface area contributed by atoms with Gasteiger partial charge in [0.2, 0.25) is 0 Å². The average Bonchev–Trinajstić information content (AvgIpc) is 2.63. The van der Waals surface area contributed by atoms with Crippen LogP contribution in [0.25, 0.3) is 0 Å². The van der Waals surface area contributed by atoms with E-state index in [0.717, 1.165) is 31.2 Å². The van der Waals surface area contributed by atoms with Gasteiger partial charge < -0.3 is 9.47 Å². The van der Waals surface area contributed by atoms with Crippen molar-refractivity contribution in [3.8, 4) is 0 Å². The van der Waals surface area contributed by atoms with Crippen LogP contribution in [0.3, 0.4) is 0 Å². The van der Waals surface area contributed by atoms with Crippen LogP contribution in [0.1, 0.15) is 52.0 Å². The molecule has 0 radical (unpaired) electrons. The number of benzene rings is 1. The summed E-state index contributed by atoms with van der Waals surface area (Å²) in [6, 6.07) is 9.49. The maximum Gasteiger partial charge on any atom is 0.429 e. The molecule has 2 amide bonds. The third-order valence-corrected chi connectivity index (χ3v) is 3.96. The van der Waals surface area contributed by atoms with Crippen molar-refractivity contribution >= 4 is 12.2 Å². The number of nitrogens with zero attached hydrogens (tertiary/aromatic N) is 2. The summed E-state index contributed by atoms with van der Waals surface area (Å²) >= 11 is 0. The molecule has 2 rings (SSSR count). The molecule has 0 N–H and O–H groups in total. The minimum atomic E-state index is -0.633. The van der Waals surface area contributed by atoms with Gasteiger partial charge >= 0.3 is 12.2 Å². The van der Waals surface area contributed by atoms with Crippen molar-refractivity contribution in [1.82, 2.24) is 10.0 Å². The summed E-state index contributed by atoms with van der Waals surface area (Å²) in [5.74, 6) is 0. The summed E-state index contributed by atoms with van der Waals surface area (Å²) in [4.78, 5) is 25.5. The molecule has 0 atom stereocenters.